The summed E-state index contributed by atoms with van der Waals surface area (Å²) in [4.78, 5) is 2.34. The number of fused-ring (bicyclic) bond motifs is 1. The first-order valence-corrected chi connectivity index (χ1v) is 7.13. The fraction of sp³-hybridized carbons (Fsp3) is 0.375. The summed E-state index contributed by atoms with van der Waals surface area (Å²) in [6, 6.07) is 10.7. The van der Waals surface area contributed by atoms with E-state index in [-0.39, 0.29) is 0 Å². The van der Waals surface area contributed by atoms with Crippen molar-refractivity contribution in [3.05, 3.63) is 53.3 Å². The van der Waals surface area contributed by atoms with Gasteiger partial charge in [0.25, 0.3) is 0 Å². The summed E-state index contributed by atoms with van der Waals surface area (Å²) < 4.78 is 0. The van der Waals surface area contributed by atoms with E-state index in [0.29, 0.717) is 0 Å². The van der Waals surface area contributed by atoms with Gasteiger partial charge in [-0.25, -0.2) is 0 Å². The molecule has 4 nitrogen and oxygen atoms in total. The molecule has 0 atom stereocenters. The quantitative estimate of drug-likeness (QED) is 0.922. The van der Waals surface area contributed by atoms with Crippen LogP contribution in [0.5, 0.6) is 0 Å². The Labute approximate surface area is 119 Å². The second-order valence-electron chi connectivity index (χ2n) is 5.31. The molecular formula is C16H20N4. The van der Waals surface area contributed by atoms with Crippen molar-refractivity contribution in [3.8, 4) is 0 Å². The predicted octanol–water partition coefficient (Wildman–Crippen LogP) is 2.15. The molecule has 1 aliphatic rings. The minimum absolute atomic E-state index is 0.755. The third kappa shape index (κ3) is 2.96. The van der Waals surface area contributed by atoms with Crippen LogP contribution in [0.25, 0.3) is 0 Å². The van der Waals surface area contributed by atoms with E-state index in [4.69, 9.17) is 0 Å². The second-order valence-corrected chi connectivity index (χ2v) is 5.31. The Morgan fingerprint density at radius 2 is 2.20 bits per heavy atom. The number of aromatic nitrogens is 2. The zero-order chi connectivity index (χ0) is 13.8. The van der Waals surface area contributed by atoms with Crippen LogP contribution < -0.4 is 10.2 Å². The molecule has 0 aliphatic carbocycles. The van der Waals surface area contributed by atoms with Gasteiger partial charge in [0.05, 0.1) is 5.69 Å². The maximum absolute atomic E-state index is 4.07. The fourth-order valence-electron chi connectivity index (χ4n) is 2.71. The van der Waals surface area contributed by atoms with Gasteiger partial charge in [0.15, 0.2) is 0 Å². The predicted molar refractivity (Wildman–Crippen MR) is 80.6 cm³/mol. The van der Waals surface area contributed by atoms with Gasteiger partial charge in [-0.3, -0.25) is 0 Å². The van der Waals surface area contributed by atoms with E-state index < -0.39 is 0 Å². The number of hydrogen-bond donors (Lipinski definition) is 1. The number of anilines is 1. The zero-order valence-electron chi connectivity index (χ0n) is 11.8. The normalized spacial score (nSPS) is 14.2. The summed E-state index contributed by atoms with van der Waals surface area (Å²) in [6.45, 7) is 2.79. The van der Waals surface area contributed by atoms with Crippen molar-refractivity contribution < 1.29 is 0 Å². The van der Waals surface area contributed by atoms with E-state index in [1.54, 1.807) is 6.20 Å². The van der Waals surface area contributed by atoms with Gasteiger partial charge < -0.3 is 10.2 Å². The SMILES string of the molecule is CN1CCCc2cc(CNCc3cccnn3)ccc21. The van der Waals surface area contributed by atoms with Crippen molar-refractivity contribution in [1.82, 2.24) is 15.5 Å². The number of rotatable bonds is 4. The van der Waals surface area contributed by atoms with Crippen LogP contribution in [0.3, 0.4) is 0 Å². The van der Waals surface area contributed by atoms with Crippen LogP contribution in [0.2, 0.25) is 0 Å². The van der Waals surface area contributed by atoms with Crippen molar-refractivity contribution in [2.45, 2.75) is 25.9 Å². The third-order valence-corrected chi connectivity index (χ3v) is 3.76. The molecule has 2 aromatic rings. The Bertz CT molecular complexity index is 568. The minimum atomic E-state index is 0.755. The number of hydrogen-bond acceptors (Lipinski definition) is 4. The average molecular weight is 268 g/mol. The molecule has 2 heterocycles. The Balaban J connectivity index is 1.61. The number of nitrogens with one attached hydrogen (secondary N) is 1. The lowest BCUT2D eigenvalue weighted by atomic mass is 9.99. The van der Waals surface area contributed by atoms with Gasteiger partial charge in [-0.15, -0.1) is 0 Å². The van der Waals surface area contributed by atoms with Crippen molar-refractivity contribution in [3.63, 3.8) is 0 Å². The van der Waals surface area contributed by atoms with E-state index >= 15 is 0 Å². The number of nitrogens with zero attached hydrogens (tertiary/aromatic N) is 3. The molecule has 20 heavy (non-hydrogen) atoms. The molecule has 1 N–H and O–H groups in total. The molecule has 104 valence electrons. The summed E-state index contributed by atoms with van der Waals surface area (Å²) >= 11 is 0. The molecule has 0 unspecified atom stereocenters. The maximum Gasteiger partial charge on any atom is 0.0769 e. The molecule has 0 fully saturated rings. The van der Waals surface area contributed by atoms with Gasteiger partial charge >= 0.3 is 0 Å². The Morgan fingerprint density at radius 3 is 3.05 bits per heavy atom. The van der Waals surface area contributed by atoms with Gasteiger partial charge in [-0.05, 0) is 42.2 Å². The summed E-state index contributed by atoms with van der Waals surface area (Å²) in [7, 11) is 2.17. The molecule has 0 bridgehead atoms. The highest BCUT2D eigenvalue weighted by atomic mass is 15.1. The number of benzene rings is 1. The van der Waals surface area contributed by atoms with Crippen LogP contribution in [0.1, 0.15) is 23.2 Å². The maximum atomic E-state index is 4.07. The first kappa shape index (κ1) is 13.1. The molecule has 0 saturated carbocycles. The second kappa shape index (κ2) is 6.01. The Morgan fingerprint density at radius 1 is 1.25 bits per heavy atom. The highest BCUT2D eigenvalue weighted by Crippen LogP contribution is 2.26. The van der Waals surface area contributed by atoms with E-state index in [2.05, 4.69) is 45.7 Å². The molecule has 3 rings (SSSR count). The van der Waals surface area contributed by atoms with Gasteiger partial charge in [-0.2, -0.15) is 10.2 Å². The van der Waals surface area contributed by atoms with Crippen LogP contribution in [0.15, 0.2) is 36.5 Å². The summed E-state index contributed by atoms with van der Waals surface area (Å²) in [5.41, 5.74) is 5.17. The van der Waals surface area contributed by atoms with Crippen molar-refractivity contribution in [2.24, 2.45) is 0 Å². The zero-order valence-corrected chi connectivity index (χ0v) is 11.8. The van der Waals surface area contributed by atoms with Crippen molar-refractivity contribution in [1.29, 1.82) is 0 Å². The largest absolute Gasteiger partial charge is 0.374 e. The summed E-state index contributed by atoms with van der Waals surface area (Å²) in [5.74, 6) is 0. The molecule has 0 spiro atoms. The van der Waals surface area contributed by atoms with Gasteiger partial charge in [0.1, 0.15) is 0 Å². The van der Waals surface area contributed by atoms with Crippen LogP contribution in [-0.4, -0.2) is 23.8 Å². The Kier molecular flexibility index (Phi) is 3.92. The minimum Gasteiger partial charge on any atom is -0.374 e. The molecule has 0 saturated heterocycles. The van der Waals surface area contributed by atoms with Crippen LogP contribution in [-0.2, 0) is 19.5 Å². The average Bonchev–Trinajstić information content (AvgIpc) is 2.48. The van der Waals surface area contributed by atoms with E-state index in [1.807, 2.05) is 12.1 Å². The molecule has 1 aromatic carbocycles. The molecule has 1 aliphatic heterocycles. The molecule has 0 amide bonds. The van der Waals surface area contributed by atoms with Gasteiger partial charge in [-0.1, -0.05) is 12.1 Å². The highest BCUT2D eigenvalue weighted by Gasteiger charge is 2.13. The first-order valence-electron chi connectivity index (χ1n) is 7.13. The first-order chi connectivity index (χ1) is 9.83. The fourth-order valence-corrected chi connectivity index (χ4v) is 2.71. The molecule has 4 heteroatoms. The van der Waals surface area contributed by atoms with E-state index in [0.717, 1.165) is 25.3 Å². The lowest BCUT2D eigenvalue weighted by molar-refractivity contribution is 0.667. The molecule has 0 radical (unpaired) electrons. The molecular weight excluding hydrogens is 248 g/mol. The summed E-state index contributed by atoms with van der Waals surface area (Å²) in [5, 5.41) is 11.4. The third-order valence-electron chi connectivity index (χ3n) is 3.76. The lowest BCUT2D eigenvalue weighted by Crippen LogP contribution is -2.24. The van der Waals surface area contributed by atoms with Crippen LogP contribution in [0.4, 0.5) is 5.69 Å². The highest BCUT2D eigenvalue weighted by molar-refractivity contribution is 5.56. The molecule has 1 aromatic heterocycles. The monoisotopic (exact) mass is 268 g/mol. The van der Waals surface area contributed by atoms with Crippen LogP contribution in [0, 0.1) is 0 Å². The van der Waals surface area contributed by atoms with Gasteiger partial charge in [0, 0.05) is 38.6 Å². The van der Waals surface area contributed by atoms with Crippen molar-refractivity contribution >= 4 is 5.69 Å². The van der Waals surface area contributed by atoms with Crippen molar-refractivity contribution in [2.75, 3.05) is 18.5 Å². The van der Waals surface area contributed by atoms with E-state index in [1.165, 1.54) is 29.7 Å². The number of aryl methyl sites for hydroxylation is 1. The van der Waals surface area contributed by atoms with Gasteiger partial charge in [0.2, 0.25) is 0 Å². The van der Waals surface area contributed by atoms with Crippen LogP contribution >= 0.6 is 0 Å². The standard InChI is InChI=1S/C16H20N4/c1-20-9-3-4-14-10-13(6-7-16(14)20)11-17-12-15-5-2-8-18-19-15/h2,5-8,10,17H,3-4,9,11-12H2,1H3. The summed E-state index contributed by atoms with van der Waals surface area (Å²) in [6.07, 6.45) is 4.14. The topological polar surface area (TPSA) is 41.0 Å². The Hall–Kier alpha value is -1.94. The smallest absolute Gasteiger partial charge is 0.0769 e. The van der Waals surface area contributed by atoms with E-state index in [9.17, 15) is 0 Å². The lowest BCUT2D eigenvalue weighted by Gasteiger charge is -2.27.